The highest BCUT2D eigenvalue weighted by atomic mass is 127. The molecule has 0 saturated heterocycles. The summed E-state index contributed by atoms with van der Waals surface area (Å²) in [6.07, 6.45) is 10.7. The number of guanidine groups is 1. The molecule has 132 valence electrons. The van der Waals surface area contributed by atoms with E-state index in [9.17, 15) is 0 Å². The molecule has 23 heavy (non-hydrogen) atoms. The number of rotatable bonds is 5. The normalized spacial score (nSPS) is 17.0. The predicted molar refractivity (Wildman–Crippen MR) is 111 cm³/mol. The zero-order valence-electron chi connectivity index (χ0n) is 14.4. The number of thiazole rings is 1. The van der Waals surface area contributed by atoms with Gasteiger partial charge in [0.05, 0.1) is 10.7 Å². The summed E-state index contributed by atoms with van der Waals surface area (Å²) in [4.78, 5) is 8.82. The number of hydrogen-bond acceptors (Lipinski definition) is 3. The third-order valence-electron chi connectivity index (χ3n) is 4.35. The van der Waals surface area contributed by atoms with Gasteiger partial charge < -0.3 is 10.6 Å². The summed E-state index contributed by atoms with van der Waals surface area (Å²) in [5.41, 5.74) is 1.17. The number of aliphatic imine (C=N–C) groups is 1. The van der Waals surface area contributed by atoms with Crippen LogP contribution in [0.3, 0.4) is 0 Å². The minimum absolute atomic E-state index is 0. The van der Waals surface area contributed by atoms with Crippen molar-refractivity contribution in [2.45, 2.75) is 58.3 Å². The van der Waals surface area contributed by atoms with E-state index in [1.807, 2.05) is 7.05 Å². The van der Waals surface area contributed by atoms with Crippen LogP contribution in [-0.4, -0.2) is 31.1 Å². The fraction of sp³-hybridized carbons (Fsp3) is 0.765. The molecule has 1 aliphatic carbocycles. The summed E-state index contributed by atoms with van der Waals surface area (Å²) >= 11 is 1.72. The molecule has 1 heterocycles. The van der Waals surface area contributed by atoms with E-state index in [2.05, 4.69) is 32.9 Å². The molecule has 1 aromatic heterocycles. The number of nitrogens with one attached hydrogen (secondary N) is 2. The van der Waals surface area contributed by atoms with E-state index in [0.717, 1.165) is 36.4 Å². The van der Waals surface area contributed by atoms with Gasteiger partial charge >= 0.3 is 0 Å². The molecule has 1 fully saturated rings. The van der Waals surface area contributed by atoms with Gasteiger partial charge in [-0.25, -0.2) is 4.98 Å². The van der Waals surface area contributed by atoms with E-state index < -0.39 is 0 Å². The van der Waals surface area contributed by atoms with Gasteiger partial charge in [-0.05, 0) is 25.7 Å². The SMILES string of the molecule is CN=C(NCCc1csc(C)n1)NCC1CCCCCCC1.I. The maximum Gasteiger partial charge on any atom is 0.190 e. The van der Waals surface area contributed by atoms with Crippen molar-refractivity contribution in [2.24, 2.45) is 10.9 Å². The van der Waals surface area contributed by atoms with Crippen LogP contribution >= 0.6 is 35.3 Å². The number of halogens is 1. The van der Waals surface area contributed by atoms with Gasteiger partial charge in [0.1, 0.15) is 0 Å². The topological polar surface area (TPSA) is 49.3 Å². The average molecular weight is 450 g/mol. The molecule has 0 radical (unpaired) electrons. The Bertz CT molecular complexity index is 453. The fourth-order valence-corrected chi connectivity index (χ4v) is 3.69. The molecule has 4 nitrogen and oxygen atoms in total. The van der Waals surface area contributed by atoms with Crippen LogP contribution in [0.2, 0.25) is 0 Å². The van der Waals surface area contributed by atoms with Crippen molar-refractivity contribution < 1.29 is 0 Å². The molecule has 0 aliphatic heterocycles. The monoisotopic (exact) mass is 450 g/mol. The number of aromatic nitrogens is 1. The summed E-state index contributed by atoms with van der Waals surface area (Å²) in [5, 5.41) is 10.2. The van der Waals surface area contributed by atoms with Crippen LogP contribution < -0.4 is 10.6 Å². The first-order chi connectivity index (χ1) is 10.8. The van der Waals surface area contributed by atoms with Crippen molar-refractivity contribution >= 4 is 41.3 Å². The lowest BCUT2D eigenvalue weighted by Gasteiger charge is -2.21. The molecule has 2 N–H and O–H groups in total. The van der Waals surface area contributed by atoms with Gasteiger partial charge in [0, 0.05) is 31.9 Å². The summed E-state index contributed by atoms with van der Waals surface area (Å²) in [7, 11) is 1.85. The van der Waals surface area contributed by atoms with Crippen LogP contribution in [0.25, 0.3) is 0 Å². The lowest BCUT2D eigenvalue weighted by atomic mass is 9.91. The zero-order chi connectivity index (χ0) is 15.6. The van der Waals surface area contributed by atoms with Crippen molar-refractivity contribution in [1.29, 1.82) is 0 Å². The first-order valence-electron chi connectivity index (χ1n) is 8.63. The van der Waals surface area contributed by atoms with Crippen LogP contribution in [0.1, 0.15) is 55.6 Å². The van der Waals surface area contributed by atoms with E-state index in [4.69, 9.17) is 0 Å². The van der Waals surface area contributed by atoms with Crippen molar-refractivity contribution in [3.63, 3.8) is 0 Å². The Morgan fingerprint density at radius 2 is 1.91 bits per heavy atom. The second-order valence-corrected chi connectivity index (χ2v) is 7.26. The predicted octanol–water partition coefficient (Wildman–Crippen LogP) is 4.14. The van der Waals surface area contributed by atoms with Crippen molar-refractivity contribution in [3.05, 3.63) is 16.1 Å². The summed E-state index contributed by atoms with van der Waals surface area (Å²) in [5.74, 6) is 1.73. The first-order valence-corrected chi connectivity index (χ1v) is 9.51. The maximum absolute atomic E-state index is 4.49. The highest BCUT2D eigenvalue weighted by molar-refractivity contribution is 14.0. The quantitative estimate of drug-likeness (QED) is 0.403. The minimum atomic E-state index is 0. The molecule has 6 heteroatoms. The Morgan fingerprint density at radius 3 is 2.52 bits per heavy atom. The third kappa shape index (κ3) is 8.33. The number of hydrogen-bond donors (Lipinski definition) is 2. The Balaban J connectivity index is 0.00000264. The first kappa shape index (κ1) is 20.7. The van der Waals surface area contributed by atoms with E-state index in [1.165, 1.54) is 50.6 Å². The molecule has 0 amide bonds. The van der Waals surface area contributed by atoms with Gasteiger partial charge in [-0.2, -0.15) is 0 Å². The average Bonchev–Trinajstić information content (AvgIpc) is 2.89. The molecule has 1 aromatic rings. The Hall–Kier alpha value is -0.370. The van der Waals surface area contributed by atoms with Gasteiger partial charge in [-0.3, -0.25) is 4.99 Å². The van der Waals surface area contributed by atoms with Gasteiger partial charge in [0.15, 0.2) is 5.96 Å². The van der Waals surface area contributed by atoms with Crippen LogP contribution in [0, 0.1) is 12.8 Å². The van der Waals surface area contributed by atoms with E-state index in [-0.39, 0.29) is 24.0 Å². The summed E-state index contributed by atoms with van der Waals surface area (Å²) < 4.78 is 0. The van der Waals surface area contributed by atoms with Gasteiger partial charge in [0.25, 0.3) is 0 Å². The Labute approximate surface area is 162 Å². The molecule has 2 rings (SSSR count). The van der Waals surface area contributed by atoms with Gasteiger partial charge in [0.2, 0.25) is 0 Å². The Morgan fingerprint density at radius 1 is 1.22 bits per heavy atom. The molecule has 0 unspecified atom stereocenters. The standard InChI is InChI=1S/C17H30N4S.HI/c1-14-21-16(13-22-14)10-11-19-17(18-2)20-12-15-8-6-4-3-5-7-9-15;/h13,15H,3-12H2,1-2H3,(H2,18,19,20);1H. The fourth-order valence-electron chi connectivity index (χ4n) is 3.04. The molecule has 0 atom stereocenters. The zero-order valence-corrected chi connectivity index (χ0v) is 17.6. The van der Waals surface area contributed by atoms with Crippen molar-refractivity contribution in [2.75, 3.05) is 20.1 Å². The second kappa shape index (κ2) is 12.1. The van der Waals surface area contributed by atoms with Gasteiger partial charge in [-0.1, -0.05) is 32.1 Å². The molecule has 1 aliphatic rings. The lowest BCUT2D eigenvalue weighted by molar-refractivity contribution is 0.375. The highest BCUT2D eigenvalue weighted by Crippen LogP contribution is 2.21. The third-order valence-corrected chi connectivity index (χ3v) is 5.17. The van der Waals surface area contributed by atoms with Gasteiger partial charge in [-0.15, -0.1) is 35.3 Å². The lowest BCUT2D eigenvalue weighted by Crippen LogP contribution is -2.40. The van der Waals surface area contributed by atoms with Crippen molar-refractivity contribution in [3.8, 4) is 0 Å². The minimum Gasteiger partial charge on any atom is -0.356 e. The van der Waals surface area contributed by atoms with E-state index in [1.54, 1.807) is 11.3 Å². The number of aryl methyl sites for hydroxylation is 1. The van der Waals surface area contributed by atoms with Crippen LogP contribution in [-0.2, 0) is 6.42 Å². The molecular formula is C17H31IN4S. The van der Waals surface area contributed by atoms with Crippen LogP contribution in [0.4, 0.5) is 0 Å². The van der Waals surface area contributed by atoms with Crippen LogP contribution in [0.5, 0.6) is 0 Å². The molecule has 0 spiro atoms. The maximum atomic E-state index is 4.49. The van der Waals surface area contributed by atoms with E-state index >= 15 is 0 Å². The molecule has 0 bridgehead atoms. The molecular weight excluding hydrogens is 419 g/mol. The summed E-state index contributed by atoms with van der Waals surface area (Å²) in [6.45, 7) is 3.99. The molecule has 0 aromatic carbocycles. The molecule has 1 saturated carbocycles. The second-order valence-electron chi connectivity index (χ2n) is 6.20. The van der Waals surface area contributed by atoms with E-state index in [0.29, 0.717) is 0 Å². The smallest absolute Gasteiger partial charge is 0.190 e. The van der Waals surface area contributed by atoms with Crippen molar-refractivity contribution in [1.82, 2.24) is 15.6 Å². The van der Waals surface area contributed by atoms with Crippen LogP contribution in [0.15, 0.2) is 10.4 Å². The number of nitrogens with zero attached hydrogens (tertiary/aromatic N) is 2. The summed E-state index contributed by atoms with van der Waals surface area (Å²) in [6, 6.07) is 0. The Kier molecular flexibility index (Phi) is 10.8. The largest absolute Gasteiger partial charge is 0.356 e. The highest BCUT2D eigenvalue weighted by Gasteiger charge is 2.11.